The highest BCUT2D eigenvalue weighted by Crippen LogP contribution is 2.36. The van der Waals surface area contributed by atoms with Gasteiger partial charge in [-0.25, -0.2) is 13.9 Å². The van der Waals surface area contributed by atoms with Gasteiger partial charge in [0.15, 0.2) is 0 Å². The zero-order valence-corrected chi connectivity index (χ0v) is 18.9. The van der Waals surface area contributed by atoms with Gasteiger partial charge in [0.1, 0.15) is 17.8 Å². The highest BCUT2D eigenvalue weighted by molar-refractivity contribution is 14.1. The minimum Gasteiger partial charge on any atom is -0.458 e. The van der Waals surface area contributed by atoms with Gasteiger partial charge in [-0.15, -0.1) is 5.10 Å². The maximum Gasteiger partial charge on any atom is 0.303 e. The molecular weight excluding hydrogens is 492 g/mol. The molecule has 3 rings (SSSR count). The van der Waals surface area contributed by atoms with E-state index >= 15 is 0 Å². The molecule has 1 saturated heterocycles. The number of carbonyl (C=O) groups excluding carboxylic acids is 1. The van der Waals surface area contributed by atoms with Crippen molar-refractivity contribution < 1.29 is 18.7 Å². The van der Waals surface area contributed by atoms with Crippen LogP contribution >= 0.6 is 22.6 Å². The summed E-state index contributed by atoms with van der Waals surface area (Å²) in [6, 6.07) is 1.96. The van der Waals surface area contributed by atoms with E-state index in [1.807, 2.05) is 0 Å². The van der Waals surface area contributed by atoms with Crippen LogP contribution in [0.5, 0.6) is 0 Å². The monoisotopic (exact) mass is 515 g/mol. The minimum absolute atomic E-state index is 0.214. The summed E-state index contributed by atoms with van der Waals surface area (Å²) in [6.45, 7) is 6.87. The Balaban J connectivity index is 2.01. The number of nitriles is 1. The van der Waals surface area contributed by atoms with Crippen molar-refractivity contribution in [3.8, 4) is 6.07 Å². The number of ether oxygens (including phenoxy) is 2. The predicted molar refractivity (Wildman–Crippen MR) is 112 cm³/mol. The largest absolute Gasteiger partial charge is 0.458 e. The number of hydrogen-bond acceptors (Lipinski definition) is 7. The molecule has 29 heavy (non-hydrogen) atoms. The summed E-state index contributed by atoms with van der Waals surface area (Å²) in [5.74, 6) is -0.640. The van der Waals surface area contributed by atoms with E-state index in [4.69, 9.17) is 9.47 Å². The molecule has 0 bridgehead atoms. The molecule has 1 N–H and O–H groups in total. The first-order chi connectivity index (χ1) is 13.6. The number of rotatable bonds is 5. The van der Waals surface area contributed by atoms with E-state index in [9.17, 15) is 14.4 Å². The fourth-order valence-corrected chi connectivity index (χ4v) is 4.07. The van der Waals surface area contributed by atoms with Crippen molar-refractivity contribution in [1.29, 1.82) is 5.26 Å². The van der Waals surface area contributed by atoms with Crippen molar-refractivity contribution in [3.05, 3.63) is 21.0 Å². The van der Waals surface area contributed by atoms with Crippen LogP contribution in [0.1, 0.15) is 51.3 Å². The van der Waals surface area contributed by atoms with E-state index < -0.39 is 17.7 Å². The van der Waals surface area contributed by atoms with Crippen LogP contribution in [-0.2, 0) is 14.3 Å². The van der Waals surface area contributed by atoms with Crippen LogP contribution in [0, 0.1) is 14.9 Å². The molecule has 2 aromatic rings. The second-order valence-corrected chi connectivity index (χ2v) is 8.69. The van der Waals surface area contributed by atoms with E-state index in [1.165, 1.54) is 20.8 Å². The topological polar surface area (TPSA) is 102 Å². The third-order valence-electron chi connectivity index (χ3n) is 5.15. The summed E-state index contributed by atoms with van der Waals surface area (Å²) in [5.41, 5.74) is 0.0117. The lowest BCUT2D eigenvalue weighted by Gasteiger charge is -2.31. The number of fused-ring (bicyclic) bond motifs is 1. The second kappa shape index (κ2) is 8.39. The van der Waals surface area contributed by atoms with Crippen molar-refractivity contribution >= 4 is 40.0 Å². The minimum atomic E-state index is -1.54. The van der Waals surface area contributed by atoms with Crippen molar-refractivity contribution in [1.82, 2.24) is 14.6 Å². The Bertz CT molecular complexity index is 965. The molecule has 0 aliphatic carbocycles. The van der Waals surface area contributed by atoms with E-state index in [0.29, 0.717) is 39.3 Å². The van der Waals surface area contributed by atoms with Gasteiger partial charge < -0.3 is 14.8 Å². The summed E-state index contributed by atoms with van der Waals surface area (Å²) in [6.07, 6.45) is 1.77. The number of alkyl halides is 1. The molecule has 1 unspecified atom stereocenters. The quantitative estimate of drug-likeness (QED) is 0.482. The van der Waals surface area contributed by atoms with E-state index in [1.54, 1.807) is 17.6 Å². The number of aromatic nitrogens is 3. The molecule has 1 fully saturated rings. The van der Waals surface area contributed by atoms with Crippen LogP contribution in [0.3, 0.4) is 0 Å². The Morgan fingerprint density at radius 1 is 1.59 bits per heavy atom. The SMILES string of the molecule is CC(=O)O[C@@H]1COCC[C@H]1Nc1ncc2c(I)c(C#N)c(C(C)C(C)(C)F)n2n1. The van der Waals surface area contributed by atoms with Crippen molar-refractivity contribution in [3.63, 3.8) is 0 Å². The van der Waals surface area contributed by atoms with E-state index in [0.717, 1.165) is 0 Å². The van der Waals surface area contributed by atoms with Crippen molar-refractivity contribution in [2.24, 2.45) is 0 Å². The average Bonchev–Trinajstić information content (AvgIpc) is 2.92. The Morgan fingerprint density at radius 3 is 2.93 bits per heavy atom. The first kappa shape index (κ1) is 21.7. The lowest BCUT2D eigenvalue weighted by molar-refractivity contribution is -0.153. The Morgan fingerprint density at radius 2 is 2.31 bits per heavy atom. The second-order valence-electron chi connectivity index (χ2n) is 7.61. The summed E-state index contributed by atoms with van der Waals surface area (Å²) in [5, 5.41) is 17.4. The molecule has 10 heteroatoms. The standard InChI is InChI=1S/C19H23FIN5O3/c1-10(19(3,4)20)17-12(7-22)16(21)14-8-23-18(25-26(14)17)24-13-5-6-28-9-15(13)29-11(2)27/h8,10,13,15H,5-6,9H2,1-4H3,(H,24,25)/t10?,13-,15-/m1/s1. The predicted octanol–water partition coefficient (Wildman–Crippen LogP) is 3.19. The van der Waals surface area contributed by atoms with Gasteiger partial charge in [-0.2, -0.15) is 5.26 Å². The Kier molecular flexibility index (Phi) is 6.28. The van der Waals surface area contributed by atoms with Gasteiger partial charge in [-0.3, -0.25) is 4.79 Å². The fraction of sp³-hybridized carbons (Fsp3) is 0.579. The molecule has 3 heterocycles. The van der Waals surface area contributed by atoms with E-state index in [2.05, 4.69) is 44.1 Å². The van der Waals surface area contributed by atoms with Gasteiger partial charge in [0, 0.05) is 19.4 Å². The normalized spacial score (nSPS) is 20.9. The molecule has 1 aliphatic rings. The van der Waals surface area contributed by atoms with Crippen LogP contribution < -0.4 is 5.32 Å². The number of nitrogens with one attached hydrogen (secondary N) is 1. The van der Waals surface area contributed by atoms with Crippen molar-refractivity contribution in [2.75, 3.05) is 18.5 Å². The third kappa shape index (κ3) is 4.45. The molecule has 156 valence electrons. The maximum absolute atomic E-state index is 14.7. The van der Waals surface area contributed by atoms with Gasteiger partial charge in [-0.05, 0) is 42.9 Å². The molecule has 1 aliphatic heterocycles. The number of anilines is 1. The van der Waals surface area contributed by atoms with Crippen LogP contribution in [-0.4, -0.2) is 51.6 Å². The van der Waals surface area contributed by atoms with Crippen LogP contribution in [0.2, 0.25) is 0 Å². The highest BCUT2D eigenvalue weighted by atomic mass is 127. The first-order valence-electron chi connectivity index (χ1n) is 9.31. The number of hydrogen-bond donors (Lipinski definition) is 1. The van der Waals surface area contributed by atoms with Gasteiger partial charge in [-0.1, -0.05) is 6.92 Å². The molecule has 2 aromatic heterocycles. The smallest absolute Gasteiger partial charge is 0.303 e. The zero-order chi connectivity index (χ0) is 21.3. The van der Waals surface area contributed by atoms with Crippen LogP contribution in [0.25, 0.3) is 5.52 Å². The number of halogens is 2. The molecule has 0 saturated carbocycles. The fourth-order valence-electron chi connectivity index (χ4n) is 3.30. The lowest BCUT2D eigenvalue weighted by atomic mass is 9.90. The average molecular weight is 515 g/mol. The summed E-state index contributed by atoms with van der Waals surface area (Å²) in [4.78, 5) is 15.7. The number of nitrogens with zero attached hydrogens (tertiary/aromatic N) is 4. The summed E-state index contributed by atoms with van der Waals surface area (Å²) < 4.78 is 27.7. The summed E-state index contributed by atoms with van der Waals surface area (Å²) >= 11 is 2.06. The van der Waals surface area contributed by atoms with Gasteiger partial charge in [0.05, 0.1) is 39.2 Å². The van der Waals surface area contributed by atoms with Gasteiger partial charge in [0.25, 0.3) is 0 Å². The Labute approximate surface area is 181 Å². The molecule has 0 amide bonds. The first-order valence-corrected chi connectivity index (χ1v) is 10.4. The number of carbonyl (C=O) groups is 1. The molecule has 3 atom stereocenters. The van der Waals surface area contributed by atoms with Crippen LogP contribution in [0.15, 0.2) is 6.20 Å². The maximum atomic E-state index is 14.7. The van der Waals surface area contributed by atoms with E-state index in [-0.39, 0.29) is 18.6 Å². The number of esters is 1. The zero-order valence-electron chi connectivity index (χ0n) is 16.7. The lowest BCUT2D eigenvalue weighted by Crippen LogP contribution is -2.44. The third-order valence-corrected chi connectivity index (χ3v) is 6.24. The van der Waals surface area contributed by atoms with Gasteiger partial charge >= 0.3 is 5.97 Å². The summed E-state index contributed by atoms with van der Waals surface area (Å²) in [7, 11) is 0. The van der Waals surface area contributed by atoms with Crippen molar-refractivity contribution in [2.45, 2.75) is 57.8 Å². The highest BCUT2D eigenvalue weighted by Gasteiger charge is 2.34. The Hall–Kier alpha value is -2.00. The molecule has 0 aromatic carbocycles. The van der Waals surface area contributed by atoms with Crippen LogP contribution in [0.4, 0.5) is 10.3 Å². The van der Waals surface area contributed by atoms with Gasteiger partial charge in [0.2, 0.25) is 5.95 Å². The molecule has 0 radical (unpaired) electrons. The molecular formula is C19H23FIN5O3. The molecule has 8 nitrogen and oxygen atoms in total. The molecule has 0 spiro atoms.